The number of methoxy groups -OCH3 is 1. The second-order valence-electron chi connectivity index (χ2n) is 5.85. The van der Waals surface area contributed by atoms with E-state index in [4.69, 9.17) is 11.6 Å². The fourth-order valence-corrected chi connectivity index (χ4v) is 2.44. The maximum atomic E-state index is 12.1. The van der Waals surface area contributed by atoms with Gasteiger partial charge in [0.05, 0.1) is 23.4 Å². The van der Waals surface area contributed by atoms with Crippen LogP contribution in [0.4, 0.5) is 17.1 Å². The highest BCUT2D eigenvalue weighted by atomic mass is 35.5. The lowest BCUT2D eigenvalue weighted by atomic mass is 10.2. The van der Waals surface area contributed by atoms with E-state index in [2.05, 4.69) is 15.4 Å². The summed E-state index contributed by atoms with van der Waals surface area (Å²) in [5.74, 6) is -0.689. The Bertz CT molecular complexity index is 776. The lowest BCUT2D eigenvalue weighted by Crippen LogP contribution is -2.17. The number of rotatable bonds is 7. The van der Waals surface area contributed by atoms with Crippen molar-refractivity contribution in [2.45, 2.75) is 6.42 Å². The van der Waals surface area contributed by atoms with Gasteiger partial charge in [-0.2, -0.15) is 0 Å². The van der Waals surface area contributed by atoms with Crippen molar-refractivity contribution in [1.82, 2.24) is 0 Å². The molecule has 0 spiro atoms. The predicted octanol–water partition coefficient (Wildman–Crippen LogP) is 3.63. The molecule has 0 saturated carbocycles. The molecule has 0 bridgehead atoms. The van der Waals surface area contributed by atoms with Crippen LogP contribution in [0.3, 0.4) is 0 Å². The Labute approximate surface area is 158 Å². The molecule has 7 heteroatoms. The van der Waals surface area contributed by atoms with E-state index in [0.29, 0.717) is 22.8 Å². The molecule has 0 aliphatic heterocycles. The van der Waals surface area contributed by atoms with Crippen molar-refractivity contribution in [3.05, 3.63) is 53.1 Å². The van der Waals surface area contributed by atoms with Crippen LogP contribution in [0.25, 0.3) is 0 Å². The largest absolute Gasteiger partial charge is 0.465 e. The SMILES string of the molecule is COC(=O)c1ccc(Cl)c(NC(=O)CCNc2ccc(N(C)C)cc2)c1. The number of carbonyl (C=O) groups is 2. The van der Waals surface area contributed by atoms with Gasteiger partial charge in [0.15, 0.2) is 0 Å². The summed E-state index contributed by atoms with van der Waals surface area (Å²) in [5, 5.41) is 6.27. The molecule has 1 amide bonds. The Kier molecular flexibility index (Phi) is 6.86. The molecule has 0 saturated heterocycles. The number of nitrogens with zero attached hydrogens (tertiary/aromatic N) is 1. The predicted molar refractivity (Wildman–Crippen MR) is 105 cm³/mol. The number of ether oxygens (including phenoxy) is 1. The summed E-state index contributed by atoms with van der Waals surface area (Å²) in [5.41, 5.74) is 2.75. The fraction of sp³-hybridized carbons (Fsp3) is 0.263. The van der Waals surface area contributed by atoms with Crippen molar-refractivity contribution in [2.75, 3.05) is 43.3 Å². The van der Waals surface area contributed by atoms with E-state index in [1.165, 1.54) is 13.2 Å². The molecular weight excluding hydrogens is 354 g/mol. The van der Waals surface area contributed by atoms with Crippen LogP contribution in [-0.4, -0.2) is 39.6 Å². The van der Waals surface area contributed by atoms with Crippen molar-refractivity contribution in [3.63, 3.8) is 0 Å². The van der Waals surface area contributed by atoms with Crippen molar-refractivity contribution in [1.29, 1.82) is 0 Å². The zero-order valence-electron chi connectivity index (χ0n) is 15.0. The standard InChI is InChI=1S/C19H22ClN3O3/c1-23(2)15-7-5-14(6-8-15)21-11-10-18(24)22-17-12-13(19(25)26-3)4-9-16(17)20/h4-9,12,21H,10-11H2,1-3H3,(H,22,24). The lowest BCUT2D eigenvalue weighted by Gasteiger charge is -2.13. The molecule has 0 aliphatic carbocycles. The van der Waals surface area contributed by atoms with Crippen molar-refractivity contribution >= 4 is 40.5 Å². The van der Waals surface area contributed by atoms with Crippen LogP contribution < -0.4 is 15.5 Å². The van der Waals surface area contributed by atoms with Gasteiger partial charge < -0.3 is 20.3 Å². The van der Waals surface area contributed by atoms with E-state index in [-0.39, 0.29) is 12.3 Å². The maximum Gasteiger partial charge on any atom is 0.337 e. The summed E-state index contributed by atoms with van der Waals surface area (Å²) in [6.45, 7) is 0.474. The summed E-state index contributed by atoms with van der Waals surface area (Å²) in [4.78, 5) is 25.7. The molecule has 6 nitrogen and oxygen atoms in total. The fourth-order valence-electron chi connectivity index (χ4n) is 2.28. The number of hydrogen-bond donors (Lipinski definition) is 2. The van der Waals surface area contributed by atoms with Gasteiger partial charge in [0.2, 0.25) is 5.91 Å². The number of hydrogen-bond acceptors (Lipinski definition) is 5. The topological polar surface area (TPSA) is 70.7 Å². The number of halogens is 1. The van der Waals surface area contributed by atoms with Gasteiger partial charge in [0, 0.05) is 38.4 Å². The minimum absolute atomic E-state index is 0.202. The zero-order valence-corrected chi connectivity index (χ0v) is 15.8. The molecule has 0 heterocycles. The smallest absolute Gasteiger partial charge is 0.337 e. The number of benzene rings is 2. The van der Waals surface area contributed by atoms with Crippen LogP contribution in [0.1, 0.15) is 16.8 Å². The summed E-state index contributed by atoms with van der Waals surface area (Å²) < 4.78 is 4.67. The summed E-state index contributed by atoms with van der Waals surface area (Å²) in [6, 6.07) is 12.5. The Morgan fingerprint density at radius 2 is 1.81 bits per heavy atom. The van der Waals surface area contributed by atoms with Crippen LogP contribution in [0.5, 0.6) is 0 Å². The Morgan fingerprint density at radius 1 is 1.12 bits per heavy atom. The van der Waals surface area contributed by atoms with Gasteiger partial charge in [-0.25, -0.2) is 4.79 Å². The third kappa shape index (κ3) is 5.39. The Morgan fingerprint density at radius 3 is 2.42 bits per heavy atom. The maximum absolute atomic E-state index is 12.1. The van der Waals surface area contributed by atoms with Crippen LogP contribution >= 0.6 is 11.6 Å². The molecule has 2 aromatic rings. The highest BCUT2D eigenvalue weighted by Crippen LogP contribution is 2.23. The molecule has 2 N–H and O–H groups in total. The Balaban J connectivity index is 1.88. The minimum Gasteiger partial charge on any atom is -0.465 e. The highest BCUT2D eigenvalue weighted by molar-refractivity contribution is 6.33. The van der Waals surface area contributed by atoms with E-state index < -0.39 is 5.97 Å². The first-order valence-electron chi connectivity index (χ1n) is 8.09. The van der Waals surface area contributed by atoms with Gasteiger partial charge in [-0.1, -0.05) is 11.6 Å². The molecule has 0 aliphatic rings. The van der Waals surface area contributed by atoms with Gasteiger partial charge >= 0.3 is 5.97 Å². The van der Waals surface area contributed by atoms with E-state index in [1.54, 1.807) is 12.1 Å². The molecule has 26 heavy (non-hydrogen) atoms. The summed E-state index contributed by atoms with van der Waals surface area (Å²) in [7, 11) is 5.26. The molecule has 138 valence electrons. The van der Waals surface area contributed by atoms with Crippen molar-refractivity contribution in [3.8, 4) is 0 Å². The first kappa shape index (κ1) is 19.6. The molecule has 2 rings (SSSR count). The van der Waals surface area contributed by atoms with E-state index in [1.807, 2.05) is 43.3 Å². The lowest BCUT2D eigenvalue weighted by molar-refractivity contribution is -0.115. The number of amides is 1. The van der Waals surface area contributed by atoms with Gasteiger partial charge in [0.1, 0.15) is 0 Å². The number of carbonyl (C=O) groups excluding carboxylic acids is 2. The molecule has 0 unspecified atom stereocenters. The molecule has 0 aromatic heterocycles. The van der Waals surface area contributed by atoms with Crippen molar-refractivity contribution < 1.29 is 14.3 Å². The molecular formula is C19H22ClN3O3. The van der Waals surface area contributed by atoms with Crippen molar-refractivity contribution in [2.24, 2.45) is 0 Å². The molecule has 0 radical (unpaired) electrons. The second kappa shape index (κ2) is 9.10. The van der Waals surface area contributed by atoms with Gasteiger partial charge in [-0.3, -0.25) is 4.79 Å². The van der Waals surface area contributed by atoms with Crippen LogP contribution in [0.2, 0.25) is 5.02 Å². The number of anilines is 3. The van der Waals surface area contributed by atoms with Crippen LogP contribution in [-0.2, 0) is 9.53 Å². The van der Waals surface area contributed by atoms with Gasteiger partial charge in [0.25, 0.3) is 0 Å². The molecule has 0 atom stereocenters. The third-order valence-corrected chi connectivity index (χ3v) is 4.06. The van der Waals surface area contributed by atoms with Crippen LogP contribution in [0, 0.1) is 0 Å². The first-order valence-corrected chi connectivity index (χ1v) is 8.47. The number of esters is 1. The van der Waals surface area contributed by atoms with Gasteiger partial charge in [-0.15, -0.1) is 0 Å². The summed E-state index contributed by atoms with van der Waals surface area (Å²) >= 11 is 6.07. The van der Waals surface area contributed by atoms with Crippen LogP contribution in [0.15, 0.2) is 42.5 Å². The highest BCUT2D eigenvalue weighted by Gasteiger charge is 2.11. The molecule has 2 aromatic carbocycles. The van der Waals surface area contributed by atoms with Gasteiger partial charge in [-0.05, 0) is 42.5 Å². The second-order valence-corrected chi connectivity index (χ2v) is 6.26. The van der Waals surface area contributed by atoms with E-state index in [0.717, 1.165) is 11.4 Å². The minimum atomic E-state index is -0.486. The van der Waals surface area contributed by atoms with E-state index in [9.17, 15) is 9.59 Å². The zero-order chi connectivity index (χ0) is 19.1. The third-order valence-electron chi connectivity index (χ3n) is 3.73. The number of nitrogens with one attached hydrogen (secondary N) is 2. The first-order chi connectivity index (χ1) is 12.4. The normalized spacial score (nSPS) is 10.2. The monoisotopic (exact) mass is 375 g/mol. The Hall–Kier alpha value is -2.73. The molecule has 0 fully saturated rings. The average molecular weight is 376 g/mol. The average Bonchev–Trinajstić information content (AvgIpc) is 2.63. The quantitative estimate of drug-likeness (QED) is 0.723. The van der Waals surface area contributed by atoms with E-state index >= 15 is 0 Å². The summed E-state index contributed by atoms with van der Waals surface area (Å²) in [6.07, 6.45) is 0.258.